The quantitative estimate of drug-likeness (QED) is 0.447. The minimum absolute atomic E-state index is 0. The van der Waals surface area contributed by atoms with E-state index in [9.17, 15) is 15.2 Å². The van der Waals surface area contributed by atoms with Crippen molar-refractivity contribution in [3.8, 4) is 0 Å². The molecule has 0 amide bonds. The lowest BCUT2D eigenvalue weighted by atomic mass is 10.0. The molecule has 0 aliphatic rings. The summed E-state index contributed by atoms with van der Waals surface area (Å²) in [6.07, 6.45) is 0. The number of aliphatic hydroxyl groups excluding tert-OH is 1. The summed E-state index contributed by atoms with van der Waals surface area (Å²) in [5, 5.41) is 23.4. The predicted molar refractivity (Wildman–Crippen MR) is 77.5 cm³/mol. The first-order valence-corrected chi connectivity index (χ1v) is 5.67. The number of hydrogen-bond donors (Lipinski definition) is 3. The second-order valence-corrected chi connectivity index (χ2v) is 5.20. The van der Waals surface area contributed by atoms with Crippen molar-refractivity contribution >= 4 is 23.8 Å². The van der Waals surface area contributed by atoms with Gasteiger partial charge in [0.15, 0.2) is 0 Å². The Kier molecular flexibility index (Phi) is 6.21. The van der Waals surface area contributed by atoms with Gasteiger partial charge in [-0.3, -0.25) is 10.1 Å². The van der Waals surface area contributed by atoms with Crippen LogP contribution in [0.1, 0.15) is 32.4 Å². The number of nitrogens with zero attached hydrogens (tertiary/aromatic N) is 1. The van der Waals surface area contributed by atoms with Crippen LogP contribution in [0.5, 0.6) is 0 Å². The van der Waals surface area contributed by atoms with E-state index < -0.39 is 4.92 Å². The molecule has 0 aromatic heterocycles. The Morgan fingerprint density at radius 2 is 2.05 bits per heavy atom. The van der Waals surface area contributed by atoms with Gasteiger partial charge in [-0.2, -0.15) is 0 Å². The number of rotatable bonds is 4. The first-order chi connectivity index (χ1) is 8.24. The maximum atomic E-state index is 10.8. The Morgan fingerprint density at radius 3 is 2.47 bits per heavy atom. The Labute approximate surface area is 118 Å². The highest BCUT2D eigenvalue weighted by atomic mass is 35.5. The van der Waals surface area contributed by atoms with Crippen LogP contribution in [0.25, 0.3) is 0 Å². The van der Waals surface area contributed by atoms with Crippen LogP contribution < -0.4 is 11.1 Å². The molecule has 0 bridgehead atoms. The number of nitro groups is 1. The number of benzene rings is 1. The molecule has 0 saturated carbocycles. The number of halogens is 1. The first kappa shape index (κ1) is 17.6. The lowest BCUT2D eigenvalue weighted by molar-refractivity contribution is -0.384. The molecule has 1 aromatic rings. The van der Waals surface area contributed by atoms with Crippen LogP contribution in [0.4, 0.5) is 11.4 Å². The second-order valence-electron chi connectivity index (χ2n) is 5.20. The zero-order chi connectivity index (χ0) is 13.9. The molecule has 1 rings (SSSR count). The monoisotopic (exact) mass is 289 g/mol. The lowest BCUT2D eigenvalue weighted by Crippen LogP contribution is -2.40. The number of anilines is 1. The highest BCUT2D eigenvalue weighted by molar-refractivity contribution is 5.85. The van der Waals surface area contributed by atoms with Gasteiger partial charge in [0.05, 0.1) is 17.6 Å². The van der Waals surface area contributed by atoms with Crippen molar-refractivity contribution in [2.45, 2.75) is 32.4 Å². The number of aliphatic hydroxyl groups is 1. The van der Waals surface area contributed by atoms with Gasteiger partial charge >= 0.3 is 0 Å². The first-order valence-electron chi connectivity index (χ1n) is 5.67. The van der Waals surface area contributed by atoms with E-state index in [2.05, 4.69) is 5.32 Å². The van der Waals surface area contributed by atoms with Crippen molar-refractivity contribution in [2.24, 2.45) is 0 Å². The van der Waals surface area contributed by atoms with Crippen LogP contribution in [-0.4, -0.2) is 22.2 Å². The van der Waals surface area contributed by atoms with Crippen molar-refractivity contribution in [1.82, 2.24) is 5.32 Å². The maximum absolute atomic E-state index is 10.8. The number of nitrogen functional groups attached to an aromatic ring is 1. The van der Waals surface area contributed by atoms with Crippen molar-refractivity contribution in [1.29, 1.82) is 0 Å². The highest BCUT2D eigenvalue weighted by Gasteiger charge is 2.21. The van der Waals surface area contributed by atoms with Gasteiger partial charge < -0.3 is 16.2 Å². The maximum Gasteiger partial charge on any atom is 0.292 e. The van der Waals surface area contributed by atoms with E-state index >= 15 is 0 Å². The number of nitrogens with two attached hydrogens (primary N) is 1. The van der Waals surface area contributed by atoms with Gasteiger partial charge in [0.2, 0.25) is 0 Å². The molecule has 0 aliphatic carbocycles. The van der Waals surface area contributed by atoms with E-state index in [-0.39, 0.29) is 42.0 Å². The zero-order valence-corrected chi connectivity index (χ0v) is 12.0. The van der Waals surface area contributed by atoms with Gasteiger partial charge in [-0.25, -0.2) is 0 Å². The Morgan fingerprint density at radius 1 is 1.47 bits per heavy atom. The molecule has 0 fully saturated rings. The molecule has 4 N–H and O–H groups in total. The van der Waals surface area contributed by atoms with Gasteiger partial charge in [-0.15, -0.1) is 12.4 Å². The number of hydrogen-bond acceptors (Lipinski definition) is 5. The molecule has 7 heteroatoms. The minimum Gasteiger partial charge on any atom is -0.394 e. The molecule has 0 radical (unpaired) electrons. The SMILES string of the molecule is CC(C)(C)NC(CO)c1ccc(N)c([N+](=O)[O-])c1.Cl. The van der Waals surface area contributed by atoms with Crippen molar-refractivity contribution < 1.29 is 10.0 Å². The number of nitro benzene ring substituents is 1. The molecule has 19 heavy (non-hydrogen) atoms. The van der Waals surface area contributed by atoms with E-state index in [1.807, 2.05) is 20.8 Å². The molecule has 0 saturated heterocycles. The second kappa shape index (κ2) is 6.70. The summed E-state index contributed by atoms with van der Waals surface area (Å²) in [5.41, 5.74) is 5.96. The third kappa shape index (κ3) is 5.02. The fraction of sp³-hybridized carbons (Fsp3) is 0.500. The molecule has 0 aliphatic heterocycles. The summed E-state index contributed by atoms with van der Waals surface area (Å²) in [4.78, 5) is 10.3. The summed E-state index contributed by atoms with van der Waals surface area (Å²) in [6.45, 7) is 5.74. The van der Waals surface area contributed by atoms with Crippen LogP contribution in [-0.2, 0) is 0 Å². The Hall–Kier alpha value is -1.37. The molecule has 1 atom stereocenters. The van der Waals surface area contributed by atoms with E-state index in [1.165, 1.54) is 12.1 Å². The van der Waals surface area contributed by atoms with Crippen LogP contribution >= 0.6 is 12.4 Å². The standard InChI is InChI=1S/C12H19N3O3.ClH/c1-12(2,3)14-10(7-16)8-4-5-9(13)11(6-8)15(17)18;/h4-6,10,14,16H,7,13H2,1-3H3;1H. The van der Waals surface area contributed by atoms with Gasteiger partial charge in [0.1, 0.15) is 5.69 Å². The lowest BCUT2D eigenvalue weighted by Gasteiger charge is -2.27. The van der Waals surface area contributed by atoms with E-state index in [1.54, 1.807) is 6.07 Å². The molecule has 108 valence electrons. The average Bonchev–Trinajstić information content (AvgIpc) is 2.25. The summed E-state index contributed by atoms with van der Waals surface area (Å²) < 4.78 is 0. The number of nitrogens with one attached hydrogen (secondary N) is 1. The van der Waals surface area contributed by atoms with Gasteiger partial charge in [-0.1, -0.05) is 6.07 Å². The fourth-order valence-corrected chi connectivity index (χ4v) is 1.69. The largest absolute Gasteiger partial charge is 0.394 e. The zero-order valence-electron chi connectivity index (χ0n) is 11.2. The van der Waals surface area contributed by atoms with Crippen LogP contribution in [0.2, 0.25) is 0 Å². The van der Waals surface area contributed by atoms with Crippen molar-refractivity contribution in [2.75, 3.05) is 12.3 Å². The van der Waals surface area contributed by atoms with Gasteiger partial charge in [0.25, 0.3) is 5.69 Å². The Balaban J connectivity index is 0.00000324. The Bertz CT molecular complexity index is 446. The molecule has 0 heterocycles. The summed E-state index contributed by atoms with van der Waals surface area (Å²) in [6, 6.07) is 4.21. The molecular formula is C12H20ClN3O3. The third-order valence-corrected chi connectivity index (χ3v) is 2.44. The molecular weight excluding hydrogens is 270 g/mol. The van der Waals surface area contributed by atoms with Crippen molar-refractivity contribution in [3.63, 3.8) is 0 Å². The predicted octanol–water partition coefficient (Wildman–Crippen LogP) is 2.02. The topological polar surface area (TPSA) is 101 Å². The van der Waals surface area contributed by atoms with Crippen LogP contribution in [0, 0.1) is 10.1 Å². The molecule has 6 nitrogen and oxygen atoms in total. The molecule has 1 aromatic carbocycles. The van der Waals surface area contributed by atoms with E-state index in [0.717, 1.165) is 0 Å². The average molecular weight is 290 g/mol. The third-order valence-electron chi connectivity index (χ3n) is 2.44. The fourth-order valence-electron chi connectivity index (χ4n) is 1.69. The van der Waals surface area contributed by atoms with E-state index in [0.29, 0.717) is 5.56 Å². The van der Waals surface area contributed by atoms with Gasteiger partial charge in [0, 0.05) is 11.6 Å². The smallest absolute Gasteiger partial charge is 0.292 e. The highest BCUT2D eigenvalue weighted by Crippen LogP contribution is 2.26. The molecule has 0 spiro atoms. The summed E-state index contributed by atoms with van der Waals surface area (Å²) in [7, 11) is 0. The molecule has 1 unspecified atom stereocenters. The normalized spacial score (nSPS) is 12.6. The minimum atomic E-state index is -0.523. The summed E-state index contributed by atoms with van der Waals surface area (Å²) in [5.74, 6) is 0. The summed E-state index contributed by atoms with van der Waals surface area (Å²) >= 11 is 0. The van der Waals surface area contributed by atoms with Crippen molar-refractivity contribution in [3.05, 3.63) is 33.9 Å². The van der Waals surface area contributed by atoms with Crippen LogP contribution in [0.15, 0.2) is 18.2 Å². The van der Waals surface area contributed by atoms with E-state index in [4.69, 9.17) is 5.73 Å². The van der Waals surface area contributed by atoms with Gasteiger partial charge in [-0.05, 0) is 32.4 Å². The van der Waals surface area contributed by atoms with Crippen LogP contribution in [0.3, 0.4) is 0 Å².